The number of aryl methyl sites for hydroxylation is 1. The number of hydrogen-bond donors (Lipinski definition) is 0. The molecule has 0 saturated carbocycles. The molecule has 0 unspecified atom stereocenters. The number of rotatable bonds is 13. The van der Waals surface area contributed by atoms with Crippen LogP contribution in [0.5, 0.6) is 11.5 Å². The highest BCUT2D eigenvalue weighted by Gasteiger charge is 2.34. The normalized spacial score (nSPS) is 16.6. The smallest absolute Gasteiger partial charge is 0.410 e. The Kier molecular flexibility index (Phi) is 10.1. The van der Waals surface area contributed by atoms with Crippen molar-refractivity contribution in [1.29, 1.82) is 0 Å². The van der Waals surface area contributed by atoms with Gasteiger partial charge in [0.25, 0.3) is 0 Å². The summed E-state index contributed by atoms with van der Waals surface area (Å²) in [6, 6.07) is 31.3. The van der Waals surface area contributed by atoms with Gasteiger partial charge < -0.3 is 28.6 Å². The Bertz CT molecular complexity index is 1670. The Morgan fingerprint density at radius 2 is 1.68 bits per heavy atom. The van der Waals surface area contributed by atoms with Gasteiger partial charge in [-0.05, 0) is 84.3 Å². The Morgan fingerprint density at radius 3 is 2.51 bits per heavy atom. The molecule has 0 aliphatic carbocycles. The molecule has 0 radical (unpaired) electrons. The topological polar surface area (TPSA) is 83.5 Å². The molecule has 0 N–H and O–H groups in total. The van der Waals surface area contributed by atoms with Crippen molar-refractivity contribution in [3.05, 3.63) is 130 Å². The highest BCUT2D eigenvalue weighted by atomic mass is 16.7. The molecule has 8 heteroatoms. The molecule has 244 valence electrons. The van der Waals surface area contributed by atoms with Crippen LogP contribution in [0.15, 0.2) is 97.1 Å². The number of unbranched alkanes of at least 4 members (excludes halogenated alkanes) is 1. The molecule has 0 aromatic heterocycles. The number of carbonyl (C=O) groups excluding carboxylic acids is 2. The van der Waals surface area contributed by atoms with Gasteiger partial charge in [0.15, 0.2) is 0 Å². The molecule has 4 aromatic carbocycles. The summed E-state index contributed by atoms with van der Waals surface area (Å²) in [6.07, 6.45) is 2.81. The zero-order valence-electron chi connectivity index (χ0n) is 27.0. The van der Waals surface area contributed by atoms with E-state index in [2.05, 4.69) is 0 Å². The molecule has 1 saturated heterocycles. The zero-order valence-corrected chi connectivity index (χ0v) is 27.0. The number of nitrogens with zero attached hydrogens (tertiary/aromatic N) is 1. The van der Waals surface area contributed by atoms with Gasteiger partial charge in [-0.3, -0.25) is 0 Å². The van der Waals surface area contributed by atoms with Crippen LogP contribution in [0.4, 0.5) is 4.79 Å². The van der Waals surface area contributed by atoms with E-state index in [-0.39, 0.29) is 24.8 Å². The molecule has 6 rings (SSSR count). The van der Waals surface area contributed by atoms with Crippen LogP contribution in [0.1, 0.15) is 71.0 Å². The number of fused-ring (bicyclic) bond motifs is 1. The highest BCUT2D eigenvalue weighted by molar-refractivity contribution is 5.89. The van der Waals surface area contributed by atoms with Crippen LogP contribution in [0.2, 0.25) is 0 Å². The van der Waals surface area contributed by atoms with E-state index in [0.29, 0.717) is 31.9 Å². The molecule has 2 aliphatic rings. The third-order valence-electron chi connectivity index (χ3n) is 8.37. The van der Waals surface area contributed by atoms with Crippen molar-refractivity contribution in [2.24, 2.45) is 0 Å². The lowest BCUT2D eigenvalue weighted by Gasteiger charge is -2.32. The van der Waals surface area contributed by atoms with E-state index < -0.39 is 5.79 Å². The Balaban J connectivity index is 0.891. The standard InChI is InChI=1S/C39H41NO7/c1-39(2)45-27-33-24-31(16-19-35(33)47-39)36-25-40(38(42)46-36)21-20-28-14-17-34(18-15-28)43-22-7-6-9-29-12-8-13-32(23-29)37(41)44-26-30-10-4-3-5-11-30/h3-5,8,10-19,23-24,36H,6-7,9,20-22,25-27H2,1-2H3/t36-/m0/s1. The van der Waals surface area contributed by atoms with Crippen LogP contribution < -0.4 is 9.47 Å². The Hall–Kier alpha value is -4.82. The number of cyclic esters (lactones) is 1. The van der Waals surface area contributed by atoms with E-state index in [1.54, 1.807) is 11.0 Å². The van der Waals surface area contributed by atoms with Gasteiger partial charge >= 0.3 is 12.1 Å². The molecular weight excluding hydrogens is 594 g/mol. The number of benzene rings is 4. The fourth-order valence-electron chi connectivity index (χ4n) is 5.72. The lowest BCUT2D eigenvalue weighted by Crippen LogP contribution is -2.35. The monoisotopic (exact) mass is 635 g/mol. The third-order valence-corrected chi connectivity index (χ3v) is 8.37. The average Bonchev–Trinajstić information content (AvgIpc) is 3.46. The maximum Gasteiger partial charge on any atom is 0.410 e. The minimum atomic E-state index is -0.645. The number of carbonyl (C=O) groups is 2. The molecule has 8 nitrogen and oxygen atoms in total. The van der Waals surface area contributed by atoms with Crippen molar-refractivity contribution in [2.75, 3.05) is 19.7 Å². The van der Waals surface area contributed by atoms with E-state index >= 15 is 0 Å². The molecule has 1 amide bonds. The SMILES string of the molecule is CC1(C)OCc2cc([C@@H]3CN(CCc4ccc(OCCCCc5cccc(C(=O)OCc6ccccc6)c5)cc4)C(=O)O3)ccc2O1. The molecule has 47 heavy (non-hydrogen) atoms. The summed E-state index contributed by atoms with van der Waals surface area (Å²) in [6.45, 7) is 6.20. The second kappa shape index (κ2) is 14.7. The minimum Gasteiger partial charge on any atom is -0.494 e. The quantitative estimate of drug-likeness (QED) is 0.109. The molecule has 1 fully saturated rings. The average molecular weight is 636 g/mol. The molecule has 1 atom stereocenters. The maximum absolute atomic E-state index is 12.6. The van der Waals surface area contributed by atoms with Crippen LogP contribution in [-0.4, -0.2) is 42.4 Å². The summed E-state index contributed by atoms with van der Waals surface area (Å²) in [5, 5.41) is 0. The van der Waals surface area contributed by atoms with E-state index in [1.165, 1.54) is 0 Å². The van der Waals surface area contributed by atoms with Crippen molar-refractivity contribution < 1.29 is 33.3 Å². The number of amides is 1. The van der Waals surface area contributed by atoms with Crippen molar-refractivity contribution in [2.45, 2.75) is 64.6 Å². The molecule has 2 aliphatic heterocycles. The van der Waals surface area contributed by atoms with Crippen LogP contribution >= 0.6 is 0 Å². The van der Waals surface area contributed by atoms with Crippen LogP contribution in [0, 0.1) is 0 Å². The molecule has 0 bridgehead atoms. The number of hydrogen-bond acceptors (Lipinski definition) is 7. The predicted molar refractivity (Wildman–Crippen MR) is 177 cm³/mol. The van der Waals surface area contributed by atoms with Gasteiger partial charge in [0, 0.05) is 26.0 Å². The van der Waals surface area contributed by atoms with E-state index in [9.17, 15) is 9.59 Å². The largest absolute Gasteiger partial charge is 0.494 e. The summed E-state index contributed by atoms with van der Waals surface area (Å²) in [7, 11) is 0. The molecule has 0 spiro atoms. The van der Waals surface area contributed by atoms with Gasteiger partial charge in [-0.15, -0.1) is 0 Å². The van der Waals surface area contributed by atoms with Gasteiger partial charge in [-0.25, -0.2) is 9.59 Å². The van der Waals surface area contributed by atoms with Gasteiger partial charge in [0.2, 0.25) is 5.79 Å². The Labute approximate surface area is 276 Å². The van der Waals surface area contributed by atoms with E-state index in [4.69, 9.17) is 23.7 Å². The van der Waals surface area contributed by atoms with E-state index in [1.807, 2.05) is 105 Å². The lowest BCUT2D eigenvalue weighted by atomic mass is 10.0. The fraction of sp³-hybridized carbons (Fsp3) is 0.333. The van der Waals surface area contributed by atoms with Crippen molar-refractivity contribution in [3.63, 3.8) is 0 Å². The van der Waals surface area contributed by atoms with Gasteiger partial charge in [0.1, 0.15) is 24.2 Å². The zero-order chi connectivity index (χ0) is 32.6. The van der Waals surface area contributed by atoms with Crippen LogP contribution in [0.25, 0.3) is 0 Å². The maximum atomic E-state index is 12.6. The summed E-state index contributed by atoms with van der Waals surface area (Å²) in [5.41, 5.74) is 5.67. The third kappa shape index (κ3) is 8.71. The predicted octanol–water partition coefficient (Wildman–Crippen LogP) is 7.83. The molecule has 4 aromatic rings. The van der Waals surface area contributed by atoms with Crippen LogP contribution in [0.3, 0.4) is 0 Å². The van der Waals surface area contributed by atoms with E-state index in [0.717, 1.165) is 65.0 Å². The number of ether oxygens (including phenoxy) is 5. The summed E-state index contributed by atoms with van der Waals surface area (Å²) in [5.74, 6) is 0.669. The van der Waals surface area contributed by atoms with Crippen molar-refractivity contribution in [3.8, 4) is 11.5 Å². The summed E-state index contributed by atoms with van der Waals surface area (Å²) < 4.78 is 28.8. The molecule has 2 heterocycles. The van der Waals surface area contributed by atoms with Crippen LogP contribution in [-0.2, 0) is 40.3 Å². The first-order valence-electron chi connectivity index (χ1n) is 16.2. The second-order valence-corrected chi connectivity index (χ2v) is 12.4. The lowest BCUT2D eigenvalue weighted by molar-refractivity contribution is -0.180. The second-order valence-electron chi connectivity index (χ2n) is 12.4. The highest BCUT2D eigenvalue weighted by Crippen LogP contribution is 2.35. The first-order valence-corrected chi connectivity index (χ1v) is 16.2. The van der Waals surface area contributed by atoms with Gasteiger partial charge in [-0.2, -0.15) is 0 Å². The summed E-state index contributed by atoms with van der Waals surface area (Å²) in [4.78, 5) is 26.9. The fourth-order valence-corrected chi connectivity index (χ4v) is 5.72. The molecular formula is C39H41NO7. The Morgan fingerprint density at radius 1 is 0.872 bits per heavy atom. The number of esters is 1. The minimum absolute atomic E-state index is 0.262. The first kappa shape index (κ1) is 32.1. The summed E-state index contributed by atoms with van der Waals surface area (Å²) >= 11 is 0. The van der Waals surface area contributed by atoms with Gasteiger partial charge in [-0.1, -0.05) is 60.7 Å². The van der Waals surface area contributed by atoms with Crippen molar-refractivity contribution >= 4 is 12.1 Å². The van der Waals surface area contributed by atoms with Crippen molar-refractivity contribution in [1.82, 2.24) is 4.90 Å². The van der Waals surface area contributed by atoms with Gasteiger partial charge in [0.05, 0.1) is 25.3 Å². The first-order chi connectivity index (χ1) is 22.8.